The first-order valence-electron chi connectivity index (χ1n) is 9.75. The van der Waals surface area contributed by atoms with Crippen molar-refractivity contribution in [3.8, 4) is 0 Å². The van der Waals surface area contributed by atoms with E-state index < -0.39 is 0 Å². The highest BCUT2D eigenvalue weighted by molar-refractivity contribution is 5.99. The topological polar surface area (TPSA) is 32.8 Å². The van der Waals surface area contributed by atoms with E-state index in [1.807, 2.05) is 0 Å². The van der Waals surface area contributed by atoms with Gasteiger partial charge in [0.25, 0.3) is 0 Å². The predicted octanol–water partition coefficient (Wildman–Crippen LogP) is 2.51. The Bertz CT molecular complexity index is 854. The molecule has 0 radical (unpaired) electrons. The number of hydrogen-bond acceptors (Lipinski definition) is 3. The van der Waals surface area contributed by atoms with E-state index in [4.69, 9.17) is 4.74 Å². The first kappa shape index (κ1) is 15.7. The zero-order chi connectivity index (χ0) is 16.3. The molecule has 26 heavy (non-hydrogen) atoms. The number of benzene rings is 1. The fraction of sp³-hybridized carbons (Fsp3) is 0.571. The third-order valence-electron chi connectivity index (χ3n) is 8.22. The highest BCUT2D eigenvalue weighted by Gasteiger charge is 2.70. The molecule has 5 aliphatic heterocycles. The van der Waals surface area contributed by atoms with Gasteiger partial charge in [0.05, 0.1) is 25.2 Å². The molecule has 7 rings (SSSR count). The van der Waals surface area contributed by atoms with E-state index in [9.17, 15) is 4.79 Å². The largest absolute Gasteiger partial charge is 0.373 e. The van der Waals surface area contributed by atoms with Crippen LogP contribution in [0.2, 0.25) is 0 Å². The molecule has 1 unspecified atom stereocenters. The average Bonchev–Trinajstić information content (AvgIpc) is 3.10. The molecule has 136 valence electrons. The highest BCUT2D eigenvalue weighted by atomic mass is 35.5. The summed E-state index contributed by atoms with van der Waals surface area (Å²) < 4.78 is 6.25. The van der Waals surface area contributed by atoms with E-state index in [0.717, 1.165) is 6.54 Å². The Morgan fingerprint density at radius 2 is 2.12 bits per heavy atom. The molecule has 1 spiro atoms. The zero-order valence-electron chi connectivity index (χ0n) is 14.6. The van der Waals surface area contributed by atoms with E-state index in [-0.39, 0.29) is 29.8 Å². The van der Waals surface area contributed by atoms with Crippen molar-refractivity contribution < 1.29 is 9.53 Å². The van der Waals surface area contributed by atoms with Crippen LogP contribution in [-0.2, 0) is 14.9 Å². The molecule has 0 N–H and O–H groups in total. The maximum absolute atomic E-state index is 13.2. The monoisotopic (exact) mass is 370 g/mol. The van der Waals surface area contributed by atoms with Crippen LogP contribution >= 0.6 is 12.4 Å². The second kappa shape index (κ2) is 4.92. The van der Waals surface area contributed by atoms with Gasteiger partial charge in [-0.25, -0.2) is 0 Å². The lowest BCUT2D eigenvalue weighted by Crippen LogP contribution is -2.69. The smallest absolute Gasteiger partial charge is 0.229 e. The minimum atomic E-state index is 0. The molecule has 5 heteroatoms. The number of carbonyl (C=O) groups is 1. The highest BCUT2D eigenvalue weighted by Crippen LogP contribution is 2.65. The standard InChI is InChI=1S/C21H22N2O2.ClH/c24-18-10-16-19-13-9-17-21(6-7-22(17)11-12(13)5-8-25-16)14-3-1-2-4-15(14)23(18)20(19)21;/h1-5,13,16-17,19-20H,6-11H2;1H/t13-,16-,17-,19?,20-,21+;/m0./s1. The van der Waals surface area contributed by atoms with Crippen LogP contribution in [-0.4, -0.2) is 48.7 Å². The quantitative estimate of drug-likeness (QED) is 0.658. The molecule has 1 amide bonds. The number of carbonyl (C=O) groups excluding carboxylic acids is 1. The van der Waals surface area contributed by atoms with Gasteiger partial charge in [0, 0.05) is 29.6 Å². The van der Waals surface area contributed by atoms with E-state index in [1.165, 1.54) is 30.6 Å². The van der Waals surface area contributed by atoms with Crippen molar-refractivity contribution in [1.82, 2.24) is 4.90 Å². The Morgan fingerprint density at radius 1 is 1.23 bits per heavy atom. The molecule has 1 saturated carbocycles. The van der Waals surface area contributed by atoms with Crippen molar-refractivity contribution in [2.75, 3.05) is 24.6 Å². The Labute approximate surface area is 159 Å². The molecule has 6 atom stereocenters. The molecule has 0 aromatic heterocycles. The van der Waals surface area contributed by atoms with Crippen molar-refractivity contribution in [2.45, 2.75) is 42.9 Å². The van der Waals surface area contributed by atoms with Crippen molar-refractivity contribution in [2.24, 2.45) is 11.8 Å². The fourth-order valence-corrected chi connectivity index (χ4v) is 7.51. The molecule has 5 heterocycles. The van der Waals surface area contributed by atoms with E-state index in [2.05, 4.69) is 40.1 Å². The summed E-state index contributed by atoms with van der Waals surface area (Å²) in [6, 6.07) is 9.64. The maximum atomic E-state index is 13.2. The van der Waals surface area contributed by atoms with Crippen LogP contribution in [0.1, 0.15) is 24.8 Å². The molecular weight excluding hydrogens is 348 g/mol. The number of hydrogen-bond donors (Lipinski definition) is 0. The van der Waals surface area contributed by atoms with Gasteiger partial charge in [0.2, 0.25) is 5.91 Å². The van der Waals surface area contributed by atoms with Crippen LogP contribution in [0.25, 0.3) is 0 Å². The number of halogens is 1. The number of nitrogens with zero attached hydrogens (tertiary/aromatic N) is 2. The molecule has 2 bridgehead atoms. The van der Waals surface area contributed by atoms with Crippen LogP contribution in [0, 0.1) is 11.8 Å². The van der Waals surface area contributed by atoms with Gasteiger partial charge in [-0.3, -0.25) is 9.69 Å². The fourth-order valence-electron chi connectivity index (χ4n) is 7.51. The third-order valence-corrected chi connectivity index (χ3v) is 8.22. The normalized spacial score (nSPS) is 44.2. The van der Waals surface area contributed by atoms with Gasteiger partial charge in [-0.1, -0.05) is 29.8 Å². The van der Waals surface area contributed by atoms with Crippen LogP contribution in [0.15, 0.2) is 35.9 Å². The number of anilines is 1. The van der Waals surface area contributed by atoms with Crippen molar-refractivity contribution >= 4 is 24.0 Å². The summed E-state index contributed by atoms with van der Waals surface area (Å²) in [5, 5.41) is 0. The van der Waals surface area contributed by atoms with Crippen molar-refractivity contribution in [3.63, 3.8) is 0 Å². The molecule has 1 aliphatic carbocycles. The summed E-state index contributed by atoms with van der Waals surface area (Å²) in [7, 11) is 0. The lowest BCUT2D eigenvalue weighted by Gasteiger charge is -2.58. The number of ether oxygens (including phenoxy) is 1. The van der Waals surface area contributed by atoms with Gasteiger partial charge in [0.1, 0.15) is 0 Å². The summed E-state index contributed by atoms with van der Waals surface area (Å²) in [6.07, 6.45) is 5.43. The van der Waals surface area contributed by atoms with Gasteiger partial charge >= 0.3 is 0 Å². The Balaban J connectivity index is 0.00000137. The number of para-hydroxylation sites is 1. The first-order chi connectivity index (χ1) is 12.3. The van der Waals surface area contributed by atoms with Gasteiger partial charge in [-0.05, 0) is 36.9 Å². The summed E-state index contributed by atoms with van der Waals surface area (Å²) >= 11 is 0. The molecule has 1 aromatic rings. The number of fused-ring (bicyclic) bond motifs is 2. The minimum absolute atomic E-state index is 0. The molecule has 4 fully saturated rings. The van der Waals surface area contributed by atoms with Gasteiger partial charge in [0.15, 0.2) is 0 Å². The summed E-state index contributed by atoms with van der Waals surface area (Å²) in [5.41, 5.74) is 4.35. The number of rotatable bonds is 0. The van der Waals surface area contributed by atoms with Gasteiger partial charge in [-0.2, -0.15) is 0 Å². The first-order valence-corrected chi connectivity index (χ1v) is 9.75. The Morgan fingerprint density at radius 3 is 3.04 bits per heavy atom. The van der Waals surface area contributed by atoms with Crippen molar-refractivity contribution in [3.05, 3.63) is 41.5 Å². The SMILES string of the molecule is Cl.O=C1C[C@@H]2OCC=C3CN4CC[C@]56c7ccccc7N1[C@H]5C2[C@H]3C[C@H]46. The van der Waals surface area contributed by atoms with E-state index in [0.29, 0.717) is 36.9 Å². The Hall–Kier alpha value is -1.36. The summed E-state index contributed by atoms with van der Waals surface area (Å²) in [5.74, 6) is 1.35. The summed E-state index contributed by atoms with van der Waals surface area (Å²) in [6.45, 7) is 2.97. The predicted molar refractivity (Wildman–Crippen MR) is 101 cm³/mol. The van der Waals surface area contributed by atoms with Gasteiger partial charge < -0.3 is 9.64 Å². The van der Waals surface area contributed by atoms with Crippen LogP contribution in [0.5, 0.6) is 0 Å². The second-order valence-electron chi connectivity index (χ2n) is 8.78. The molecule has 4 nitrogen and oxygen atoms in total. The Kier molecular flexibility index (Phi) is 2.96. The molecular formula is C21H23ClN2O2. The molecule has 6 aliphatic rings. The average molecular weight is 371 g/mol. The van der Waals surface area contributed by atoms with Crippen LogP contribution < -0.4 is 4.90 Å². The van der Waals surface area contributed by atoms with E-state index in [1.54, 1.807) is 5.57 Å². The lowest BCUT2D eigenvalue weighted by atomic mass is 9.53. The van der Waals surface area contributed by atoms with Gasteiger partial charge in [-0.15, -0.1) is 12.4 Å². The number of piperidine rings is 2. The maximum Gasteiger partial charge on any atom is 0.229 e. The minimum Gasteiger partial charge on any atom is -0.373 e. The van der Waals surface area contributed by atoms with Crippen LogP contribution in [0.3, 0.4) is 0 Å². The number of amides is 1. The van der Waals surface area contributed by atoms with Crippen LogP contribution in [0.4, 0.5) is 5.69 Å². The second-order valence-corrected chi connectivity index (χ2v) is 8.78. The zero-order valence-corrected chi connectivity index (χ0v) is 15.5. The van der Waals surface area contributed by atoms with Crippen molar-refractivity contribution in [1.29, 1.82) is 0 Å². The molecule has 1 aromatic carbocycles. The van der Waals surface area contributed by atoms with E-state index >= 15 is 0 Å². The lowest BCUT2D eigenvalue weighted by molar-refractivity contribution is -0.132. The summed E-state index contributed by atoms with van der Waals surface area (Å²) in [4.78, 5) is 18.1. The molecule has 3 saturated heterocycles. The third kappa shape index (κ3) is 1.52.